The van der Waals surface area contributed by atoms with Gasteiger partial charge in [-0.3, -0.25) is 14.3 Å². The molecule has 3 aromatic heterocycles. The Morgan fingerprint density at radius 2 is 1.79 bits per heavy atom. The highest BCUT2D eigenvalue weighted by Gasteiger charge is 2.23. The summed E-state index contributed by atoms with van der Waals surface area (Å²) >= 11 is 7.58. The summed E-state index contributed by atoms with van der Waals surface area (Å²) < 4.78 is 7.77. The van der Waals surface area contributed by atoms with Crippen LogP contribution in [0.3, 0.4) is 0 Å². The number of aromatic nitrogens is 6. The van der Waals surface area contributed by atoms with Crippen molar-refractivity contribution in [2.24, 2.45) is 0 Å². The number of benzene rings is 2. The molecule has 0 atom stereocenters. The van der Waals surface area contributed by atoms with Gasteiger partial charge in [0.15, 0.2) is 11.0 Å². The first-order valence-electron chi connectivity index (χ1n) is 11.9. The summed E-state index contributed by atoms with van der Waals surface area (Å²) in [6.07, 6.45) is 3.45. The second-order valence-corrected chi connectivity index (χ2v) is 9.95. The van der Waals surface area contributed by atoms with E-state index in [4.69, 9.17) is 16.0 Å². The van der Waals surface area contributed by atoms with Crippen molar-refractivity contribution in [1.82, 2.24) is 34.8 Å². The average molecular weight is 546 g/mol. The van der Waals surface area contributed by atoms with E-state index in [-0.39, 0.29) is 24.2 Å². The number of pyridine rings is 1. The Labute approximate surface area is 228 Å². The van der Waals surface area contributed by atoms with Crippen molar-refractivity contribution < 1.29 is 9.21 Å². The minimum Gasteiger partial charge on any atom is -0.419 e. The van der Waals surface area contributed by atoms with E-state index in [0.717, 1.165) is 11.3 Å². The third-order valence-corrected chi connectivity index (χ3v) is 6.96. The van der Waals surface area contributed by atoms with Crippen LogP contribution in [0.4, 0.5) is 0 Å². The summed E-state index contributed by atoms with van der Waals surface area (Å²) in [5.74, 6) is 1.36. The molecule has 0 saturated heterocycles. The zero-order chi connectivity index (χ0) is 26.5. The summed E-state index contributed by atoms with van der Waals surface area (Å²) in [7, 11) is 0. The van der Waals surface area contributed by atoms with Crippen LogP contribution in [0.5, 0.6) is 0 Å². The minimum absolute atomic E-state index is 0.0864. The van der Waals surface area contributed by atoms with E-state index in [0.29, 0.717) is 33.3 Å². The maximum atomic E-state index is 13.3. The lowest BCUT2D eigenvalue weighted by Gasteiger charge is -2.25. The smallest absolute Gasteiger partial charge is 0.249 e. The van der Waals surface area contributed by atoms with Crippen LogP contribution in [-0.2, 0) is 11.3 Å². The molecule has 0 bridgehead atoms. The van der Waals surface area contributed by atoms with Crippen molar-refractivity contribution >= 4 is 29.3 Å². The number of nitrogens with zero attached hydrogens (tertiary/aromatic N) is 7. The van der Waals surface area contributed by atoms with Gasteiger partial charge in [-0.25, -0.2) is 0 Å². The number of carbonyl (C=O) groups is 1. The SMILES string of the molecule is CC(C)N(Cc1nnc(-c2ccccc2Cl)o1)C(=O)CSc1nnc(-c2cccnc2)n1-c1ccccc1. The van der Waals surface area contributed by atoms with E-state index in [2.05, 4.69) is 25.4 Å². The standard InChI is InChI=1S/C27H24ClN7O2S/c1-18(2)34(16-23-30-32-26(37-23)21-12-6-7-13-22(21)28)24(36)17-38-27-33-31-25(19-9-8-14-29-15-19)35(27)20-10-4-3-5-11-20/h3-15,18H,16-17H2,1-2H3. The lowest BCUT2D eigenvalue weighted by atomic mass is 10.2. The van der Waals surface area contributed by atoms with Gasteiger partial charge >= 0.3 is 0 Å². The molecule has 0 fully saturated rings. The fourth-order valence-corrected chi connectivity index (χ4v) is 4.88. The number of hydrogen-bond donors (Lipinski definition) is 0. The third kappa shape index (κ3) is 5.61. The fourth-order valence-electron chi connectivity index (χ4n) is 3.83. The monoisotopic (exact) mass is 545 g/mol. The van der Waals surface area contributed by atoms with Crippen molar-refractivity contribution in [1.29, 1.82) is 0 Å². The van der Waals surface area contributed by atoms with Gasteiger partial charge in [0.05, 0.1) is 22.9 Å². The maximum absolute atomic E-state index is 13.3. The Bertz CT molecular complexity index is 1520. The lowest BCUT2D eigenvalue weighted by molar-refractivity contribution is -0.131. The molecule has 0 spiro atoms. The largest absolute Gasteiger partial charge is 0.419 e. The topological polar surface area (TPSA) is 103 Å². The predicted molar refractivity (Wildman–Crippen MR) is 146 cm³/mol. The number of amides is 1. The molecule has 0 aliphatic rings. The van der Waals surface area contributed by atoms with Gasteiger partial charge in [-0.2, -0.15) is 0 Å². The van der Waals surface area contributed by atoms with Crippen LogP contribution in [0.25, 0.3) is 28.5 Å². The molecule has 0 aliphatic heterocycles. The highest BCUT2D eigenvalue weighted by atomic mass is 35.5. The number of rotatable bonds is 9. The van der Waals surface area contributed by atoms with Crippen LogP contribution in [-0.4, -0.2) is 52.5 Å². The highest BCUT2D eigenvalue weighted by Crippen LogP contribution is 2.29. The van der Waals surface area contributed by atoms with E-state index in [1.165, 1.54) is 11.8 Å². The van der Waals surface area contributed by atoms with Crippen molar-refractivity contribution in [3.63, 3.8) is 0 Å². The van der Waals surface area contributed by atoms with Crippen LogP contribution in [0.2, 0.25) is 5.02 Å². The summed E-state index contributed by atoms with van der Waals surface area (Å²) in [5, 5.41) is 18.2. The molecular formula is C27H24ClN7O2S. The first-order chi connectivity index (χ1) is 18.5. The van der Waals surface area contributed by atoms with Gasteiger partial charge in [-0.1, -0.05) is 53.7 Å². The Morgan fingerprint density at radius 3 is 2.53 bits per heavy atom. The van der Waals surface area contributed by atoms with Gasteiger partial charge in [0.1, 0.15) is 0 Å². The predicted octanol–water partition coefficient (Wildman–Crippen LogP) is 5.56. The van der Waals surface area contributed by atoms with E-state index in [1.54, 1.807) is 23.4 Å². The first kappa shape index (κ1) is 25.6. The molecule has 0 radical (unpaired) electrons. The first-order valence-corrected chi connectivity index (χ1v) is 13.3. The van der Waals surface area contributed by atoms with Crippen LogP contribution < -0.4 is 0 Å². The van der Waals surface area contributed by atoms with E-state index < -0.39 is 0 Å². The van der Waals surface area contributed by atoms with Crippen LogP contribution >= 0.6 is 23.4 Å². The van der Waals surface area contributed by atoms with Crippen LogP contribution in [0.15, 0.2) is 88.7 Å². The quantitative estimate of drug-likeness (QED) is 0.222. The molecule has 0 unspecified atom stereocenters. The fraction of sp³-hybridized carbons (Fsp3) is 0.185. The van der Waals surface area contributed by atoms with E-state index in [1.807, 2.05) is 79.1 Å². The molecule has 0 saturated carbocycles. The normalized spacial score (nSPS) is 11.2. The average Bonchev–Trinajstić information content (AvgIpc) is 3.59. The third-order valence-electron chi connectivity index (χ3n) is 5.71. The van der Waals surface area contributed by atoms with Gasteiger partial charge < -0.3 is 9.32 Å². The second kappa shape index (κ2) is 11.6. The van der Waals surface area contributed by atoms with Crippen molar-refractivity contribution in [2.75, 3.05) is 5.75 Å². The zero-order valence-electron chi connectivity index (χ0n) is 20.7. The number of carbonyl (C=O) groups excluding carboxylic acids is 1. The van der Waals surface area contributed by atoms with Gasteiger partial charge in [-0.15, -0.1) is 20.4 Å². The molecule has 5 rings (SSSR count). The van der Waals surface area contributed by atoms with Crippen LogP contribution in [0.1, 0.15) is 19.7 Å². The van der Waals surface area contributed by atoms with Gasteiger partial charge in [0.25, 0.3) is 0 Å². The minimum atomic E-state index is -0.0898. The molecular weight excluding hydrogens is 522 g/mol. The number of halogens is 1. The summed E-state index contributed by atoms with van der Waals surface area (Å²) in [4.78, 5) is 19.3. The Hall–Kier alpha value is -4.02. The lowest BCUT2D eigenvalue weighted by Crippen LogP contribution is -2.37. The van der Waals surface area contributed by atoms with E-state index in [9.17, 15) is 4.79 Å². The Morgan fingerprint density at radius 1 is 1.00 bits per heavy atom. The summed E-state index contributed by atoms with van der Waals surface area (Å²) in [6.45, 7) is 4.07. The number of hydrogen-bond acceptors (Lipinski definition) is 8. The summed E-state index contributed by atoms with van der Waals surface area (Å²) in [5.41, 5.74) is 2.37. The molecule has 11 heteroatoms. The molecule has 9 nitrogen and oxygen atoms in total. The van der Waals surface area contributed by atoms with Gasteiger partial charge in [0.2, 0.25) is 17.7 Å². The number of thioether (sulfide) groups is 1. The van der Waals surface area contributed by atoms with Crippen molar-refractivity contribution in [3.8, 4) is 28.5 Å². The van der Waals surface area contributed by atoms with E-state index >= 15 is 0 Å². The van der Waals surface area contributed by atoms with Gasteiger partial charge in [0, 0.05) is 29.7 Å². The maximum Gasteiger partial charge on any atom is 0.249 e. The zero-order valence-corrected chi connectivity index (χ0v) is 22.3. The molecule has 3 heterocycles. The van der Waals surface area contributed by atoms with Crippen molar-refractivity contribution in [3.05, 3.63) is 90.0 Å². The molecule has 38 heavy (non-hydrogen) atoms. The Balaban J connectivity index is 1.34. The Kier molecular flexibility index (Phi) is 7.81. The molecule has 0 aliphatic carbocycles. The highest BCUT2D eigenvalue weighted by molar-refractivity contribution is 7.99. The molecule has 0 N–H and O–H groups in total. The number of para-hydroxylation sites is 1. The van der Waals surface area contributed by atoms with Gasteiger partial charge in [-0.05, 0) is 50.2 Å². The van der Waals surface area contributed by atoms with Crippen LogP contribution in [0, 0.1) is 0 Å². The van der Waals surface area contributed by atoms with Crippen molar-refractivity contribution in [2.45, 2.75) is 31.6 Å². The summed E-state index contributed by atoms with van der Waals surface area (Å²) in [6, 6.07) is 20.7. The molecule has 1 amide bonds. The molecule has 192 valence electrons. The molecule has 5 aromatic rings. The second-order valence-electron chi connectivity index (χ2n) is 8.60. The molecule has 2 aromatic carbocycles.